The van der Waals surface area contributed by atoms with Crippen molar-refractivity contribution in [2.45, 2.75) is 0 Å². The Labute approximate surface area is 105 Å². The molecule has 2 aromatic carbocycles. The minimum absolute atomic E-state index is 0.149. The van der Waals surface area contributed by atoms with Crippen LogP contribution in [0.1, 0.15) is 5.56 Å². The van der Waals surface area contributed by atoms with Gasteiger partial charge in [0.1, 0.15) is 17.7 Å². The van der Waals surface area contributed by atoms with Crippen molar-refractivity contribution in [1.29, 1.82) is 5.26 Å². The Morgan fingerprint density at radius 1 is 1.00 bits per heavy atom. The van der Waals surface area contributed by atoms with Gasteiger partial charge in [-0.1, -0.05) is 24.3 Å². The lowest BCUT2D eigenvalue weighted by atomic mass is 9.99. The van der Waals surface area contributed by atoms with E-state index in [0.29, 0.717) is 0 Å². The van der Waals surface area contributed by atoms with E-state index in [1.165, 1.54) is 24.3 Å². The van der Waals surface area contributed by atoms with E-state index >= 15 is 0 Å². The van der Waals surface area contributed by atoms with E-state index in [1.807, 2.05) is 0 Å². The molecule has 0 N–H and O–H groups in total. The van der Waals surface area contributed by atoms with Crippen molar-refractivity contribution in [1.82, 2.24) is 0 Å². The molecular formula is C13H6BrF2N. The molecule has 0 fully saturated rings. The molecule has 84 valence electrons. The highest BCUT2D eigenvalue weighted by Gasteiger charge is 2.14. The maximum absolute atomic E-state index is 13.9. The second-order valence-corrected chi connectivity index (χ2v) is 4.23. The second kappa shape index (κ2) is 4.64. The predicted molar refractivity (Wildman–Crippen MR) is 64.2 cm³/mol. The van der Waals surface area contributed by atoms with Gasteiger partial charge in [0.25, 0.3) is 0 Å². The monoisotopic (exact) mass is 293 g/mol. The Hall–Kier alpha value is -1.73. The SMILES string of the molecule is N#Cc1c(F)cccc1-c1cccc(Br)c1F. The first-order chi connectivity index (χ1) is 8.15. The third-order valence-electron chi connectivity index (χ3n) is 2.37. The summed E-state index contributed by atoms with van der Waals surface area (Å²) in [6, 6.07) is 10.6. The first kappa shape index (κ1) is 11.7. The molecular weight excluding hydrogens is 288 g/mol. The summed E-state index contributed by atoms with van der Waals surface area (Å²) in [6.45, 7) is 0. The topological polar surface area (TPSA) is 23.8 Å². The van der Waals surface area contributed by atoms with Gasteiger partial charge in [0.05, 0.1) is 10.0 Å². The van der Waals surface area contributed by atoms with Crippen molar-refractivity contribution < 1.29 is 8.78 Å². The number of rotatable bonds is 1. The number of benzene rings is 2. The molecule has 0 heterocycles. The average molecular weight is 294 g/mol. The first-order valence-corrected chi connectivity index (χ1v) is 5.57. The molecule has 0 bridgehead atoms. The third kappa shape index (κ3) is 2.06. The standard InChI is InChI=1S/C13H6BrF2N/c14-11-5-1-4-9(13(11)16)8-3-2-6-12(15)10(8)7-17/h1-6H. The zero-order valence-corrected chi connectivity index (χ0v) is 10.1. The maximum atomic E-state index is 13.9. The Kier molecular flexibility index (Phi) is 3.21. The lowest BCUT2D eigenvalue weighted by Gasteiger charge is -2.07. The molecule has 0 radical (unpaired) electrons. The summed E-state index contributed by atoms with van der Waals surface area (Å²) in [6.07, 6.45) is 0. The van der Waals surface area contributed by atoms with E-state index < -0.39 is 11.6 Å². The summed E-state index contributed by atoms with van der Waals surface area (Å²) in [5.74, 6) is -1.15. The van der Waals surface area contributed by atoms with Crippen LogP contribution in [0.5, 0.6) is 0 Å². The van der Waals surface area contributed by atoms with Gasteiger partial charge in [-0.2, -0.15) is 5.26 Å². The van der Waals surface area contributed by atoms with Crippen LogP contribution in [0, 0.1) is 23.0 Å². The zero-order valence-electron chi connectivity index (χ0n) is 8.55. The van der Waals surface area contributed by atoms with Gasteiger partial charge < -0.3 is 0 Å². The number of hydrogen-bond acceptors (Lipinski definition) is 1. The number of halogens is 3. The van der Waals surface area contributed by atoms with Crippen molar-refractivity contribution >= 4 is 15.9 Å². The predicted octanol–water partition coefficient (Wildman–Crippen LogP) is 4.27. The van der Waals surface area contributed by atoms with Crippen molar-refractivity contribution in [2.75, 3.05) is 0 Å². The molecule has 1 nitrogen and oxygen atoms in total. The molecule has 0 spiro atoms. The smallest absolute Gasteiger partial charge is 0.145 e. The molecule has 0 atom stereocenters. The van der Waals surface area contributed by atoms with Gasteiger partial charge in [0.15, 0.2) is 0 Å². The third-order valence-corrected chi connectivity index (χ3v) is 2.98. The Bertz CT molecular complexity index is 617. The van der Waals surface area contributed by atoms with Gasteiger partial charge in [-0.25, -0.2) is 8.78 Å². The molecule has 0 aliphatic rings. The van der Waals surface area contributed by atoms with Crippen molar-refractivity contribution in [3.05, 3.63) is 58.1 Å². The zero-order chi connectivity index (χ0) is 12.4. The summed E-state index contributed by atoms with van der Waals surface area (Å²) in [7, 11) is 0. The van der Waals surface area contributed by atoms with Crippen LogP contribution in [-0.2, 0) is 0 Å². The van der Waals surface area contributed by atoms with Crippen LogP contribution < -0.4 is 0 Å². The average Bonchev–Trinajstić information content (AvgIpc) is 2.32. The molecule has 0 saturated heterocycles. The fraction of sp³-hybridized carbons (Fsp3) is 0. The van der Waals surface area contributed by atoms with Crippen LogP contribution >= 0.6 is 15.9 Å². The Morgan fingerprint density at radius 3 is 2.35 bits per heavy atom. The molecule has 2 aromatic rings. The van der Waals surface area contributed by atoms with Gasteiger partial charge in [0.2, 0.25) is 0 Å². The fourth-order valence-corrected chi connectivity index (χ4v) is 1.94. The van der Waals surface area contributed by atoms with Crippen molar-refractivity contribution in [2.24, 2.45) is 0 Å². The molecule has 0 aliphatic heterocycles. The van der Waals surface area contributed by atoms with E-state index in [0.717, 1.165) is 0 Å². The number of nitriles is 1. The van der Waals surface area contributed by atoms with E-state index in [-0.39, 0.29) is 21.2 Å². The Morgan fingerprint density at radius 2 is 1.65 bits per heavy atom. The molecule has 17 heavy (non-hydrogen) atoms. The van der Waals surface area contributed by atoms with Crippen molar-refractivity contribution in [3.8, 4) is 17.2 Å². The second-order valence-electron chi connectivity index (χ2n) is 3.38. The van der Waals surface area contributed by atoms with Crippen LogP contribution in [0.2, 0.25) is 0 Å². The highest BCUT2D eigenvalue weighted by molar-refractivity contribution is 9.10. The molecule has 0 aliphatic carbocycles. The van der Waals surface area contributed by atoms with Gasteiger partial charge in [-0.3, -0.25) is 0 Å². The summed E-state index contributed by atoms with van der Waals surface area (Å²) < 4.78 is 27.5. The van der Waals surface area contributed by atoms with Crippen LogP contribution in [0.25, 0.3) is 11.1 Å². The van der Waals surface area contributed by atoms with Gasteiger partial charge in [-0.05, 0) is 28.1 Å². The lowest BCUT2D eigenvalue weighted by Crippen LogP contribution is -1.92. The molecule has 2 rings (SSSR count). The minimum atomic E-state index is -0.649. The van der Waals surface area contributed by atoms with Crippen LogP contribution in [0.3, 0.4) is 0 Å². The molecule has 0 aromatic heterocycles. The fourth-order valence-electron chi connectivity index (χ4n) is 1.57. The van der Waals surface area contributed by atoms with Gasteiger partial charge in [-0.15, -0.1) is 0 Å². The minimum Gasteiger partial charge on any atom is -0.206 e. The molecule has 4 heteroatoms. The summed E-state index contributed by atoms with van der Waals surface area (Å²) in [5.41, 5.74) is 0.311. The Balaban J connectivity index is 2.74. The normalized spacial score (nSPS) is 10.0. The number of hydrogen-bond donors (Lipinski definition) is 0. The van der Waals surface area contributed by atoms with Gasteiger partial charge >= 0.3 is 0 Å². The summed E-state index contributed by atoms with van der Waals surface area (Å²) in [5, 5.41) is 8.90. The van der Waals surface area contributed by atoms with Crippen LogP contribution in [0.4, 0.5) is 8.78 Å². The van der Waals surface area contributed by atoms with Crippen LogP contribution in [-0.4, -0.2) is 0 Å². The summed E-state index contributed by atoms with van der Waals surface area (Å²) >= 11 is 3.06. The van der Waals surface area contributed by atoms with E-state index in [2.05, 4.69) is 15.9 Å². The first-order valence-electron chi connectivity index (χ1n) is 4.78. The van der Waals surface area contributed by atoms with Crippen molar-refractivity contribution in [3.63, 3.8) is 0 Å². The molecule has 0 amide bonds. The largest absolute Gasteiger partial charge is 0.206 e. The number of nitrogens with zero attached hydrogens (tertiary/aromatic N) is 1. The molecule has 0 unspecified atom stereocenters. The van der Waals surface area contributed by atoms with E-state index in [9.17, 15) is 8.78 Å². The quantitative estimate of drug-likeness (QED) is 0.770. The summed E-state index contributed by atoms with van der Waals surface area (Å²) in [4.78, 5) is 0. The molecule has 0 saturated carbocycles. The van der Waals surface area contributed by atoms with E-state index in [4.69, 9.17) is 5.26 Å². The highest BCUT2D eigenvalue weighted by atomic mass is 79.9. The maximum Gasteiger partial charge on any atom is 0.145 e. The van der Waals surface area contributed by atoms with Gasteiger partial charge in [0, 0.05) is 11.1 Å². The highest BCUT2D eigenvalue weighted by Crippen LogP contribution is 2.30. The lowest BCUT2D eigenvalue weighted by molar-refractivity contribution is 0.619. The van der Waals surface area contributed by atoms with E-state index in [1.54, 1.807) is 18.2 Å². The van der Waals surface area contributed by atoms with Crippen LogP contribution in [0.15, 0.2) is 40.9 Å².